The van der Waals surface area contributed by atoms with E-state index < -0.39 is 54.8 Å². The molecule has 1 aliphatic heterocycles. The average Bonchev–Trinajstić information content (AvgIpc) is 2.86. The SMILES string of the molecule is CCOC(=O)OC(C)n1c(=O)c(C)cn([C@@H]2O[C@H](CO)[C@@H](O)[C@@H]2F)c1=O. The number of aliphatic hydroxyl groups excluding tert-OH is 2. The van der Waals surface area contributed by atoms with Gasteiger partial charge in [-0.15, -0.1) is 0 Å². The standard InChI is InChI=1S/C15H21FN2O8/c1-4-24-15(23)25-8(3)18-12(21)7(2)5-17(14(18)22)13-10(16)11(20)9(6-19)26-13/h5,8-11,13,19-20H,4,6H2,1-3H3/t8?,9-,10+,11-,13-/m1/s1. The molecule has 0 aromatic carbocycles. The first kappa shape index (κ1) is 20.1. The van der Waals surface area contributed by atoms with Crippen LogP contribution >= 0.6 is 0 Å². The summed E-state index contributed by atoms with van der Waals surface area (Å²) in [6.45, 7) is 3.61. The highest BCUT2D eigenvalue weighted by Gasteiger charge is 2.45. The molecule has 0 saturated carbocycles. The number of aromatic nitrogens is 2. The maximum absolute atomic E-state index is 14.3. The summed E-state index contributed by atoms with van der Waals surface area (Å²) >= 11 is 0. The van der Waals surface area contributed by atoms with Gasteiger partial charge in [0.1, 0.15) is 12.2 Å². The molecule has 1 aromatic rings. The molecular weight excluding hydrogens is 355 g/mol. The van der Waals surface area contributed by atoms with E-state index in [2.05, 4.69) is 4.74 Å². The summed E-state index contributed by atoms with van der Waals surface area (Å²) in [5, 5.41) is 18.8. The molecule has 2 rings (SSSR count). The lowest BCUT2D eigenvalue weighted by Gasteiger charge is -2.21. The summed E-state index contributed by atoms with van der Waals surface area (Å²) in [5.74, 6) is 0. The largest absolute Gasteiger partial charge is 0.510 e. The van der Waals surface area contributed by atoms with Crippen LogP contribution in [0.4, 0.5) is 9.18 Å². The number of nitrogens with zero attached hydrogens (tertiary/aromatic N) is 2. The van der Waals surface area contributed by atoms with Crippen LogP contribution < -0.4 is 11.2 Å². The van der Waals surface area contributed by atoms with Crippen molar-refractivity contribution in [1.29, 1.82) is 0 Å². The second-order valence-corrected chi connectivity index (χ2v) is 5.76. The number of hydrogen-bond donors (Lipinski definition) is 2. The van der Waals surface area contributed by atoms with Crippen molar-refractivity contribution in [3.63, 3.8) is 0 Å². The zero-order chi connectivity index (χ0) is 19.6. The number of ether oxygens (including phenoxy) is 3. The highest BCUT2D eigenvalue weighted by Crippen LogP contribution is 2.30. The third-order valence-electron chi connectivity index (χ3n) is 3.96. The zero-order valence-electron chi connectivity index (χ0n) is 14.5. The van der Waals surface area contributed by atoms with E-state index in [4.69, 9.17) is 14.6 Å². The van der Waals surface area contributed by atoms with Gasteiger partial charge in [0.15, 0.2) is 18.6 Å². The molecule has 1 fully saturated rings. The second-order valence-electron chi connectivity index (χ2n) is 5.76. The van der Waals surface area contributed by atoms with E-state index in [1.807, 2.05) is 0 Å². The molecule has 10 nitrogen and oxygen atoms in total. The molecular formula is C15H21FN2O8. The van der Waals surface area contributed by atoms with Crippen LogP contribution in [0.3, 0.4) is 0 Å². The summed E-state index contributed by atoms with van der Waals surface area (Å²) in [7, 11) is 0. The van der Waals surface area contributed by atoms with E-state index in [1.54, 1.807) is 6.92 Å². The van der Waals surface area contributed by atoms with Crippen LogP contribution in [0, 0.1) is 6.92 Å². The number of carbonyl (C=O) groups excluding carboxylic acids is 1. The molecule has 0 amide bonds. The van der Waals surface area contributed by atoms with Crippen molar-refractivity contribution in [3.05, 3.63) is 32.6 Å². The smallest absolute Gasteiger partial charge is 0.435 e. The van der Waals surface area contributed by atoms with Gasteiger partial charge in [0.25, 0.3) is 5.56 Å². The molecule has 0 spiro atoms. The van der Waals surface area contributed by atoms with Crippen LogP contribution in [-0.4, -0.2) is 57.1 Å². The summed E-state index contributed by atoms with van der Waals surface area (Å²) in [6.07, 6.45) is -7.70. The molecule has 2 heterocycles. The quantitative estimate of drug-likeness (QED) is 0.664. The van der Waals surface area contributed by atoms with Crippen molar-refractivity contribution >= 4 is 6.16 Å². The number of rotatable bonds is 5. The number of carbonyl (C=O) groups is 1. The van der Waals surface area contributed by atoms with Crippen LogP contribution in [0.5, 0.6) is 0 Å². The van der Waals surface area contributed by atoms with Gasteiger partial charge in [-0.3, -0.25) is 9.36 Å². The Balaban J connectivity index is 2.45. The summed E-state index contributed by atoms with van der Waals surface area (Å²) in [6, 6.07) is 0. The molecule has 5 atom stereocenters. The normalized spacial score (nSPS) is 26.5. The molecule has 0 radical (unpaired) electrons. The van der Waals surface area contributed by atoms with Crippen LogP contribution in [0.25, 0.3) is 0 Å². The Morgan fingerprint density at radius 2 is 2.12 bits per heavy atom. The molecule has 1 saturated heterocycles. The van der Waals surface area contributed by atoms with Crippen LogP contribution in [0.1, 0.15) is 31.9 Å². The lowest BCUT2D eigenvalue weighted by atomic mass is 10.1. The molecule has 0 aliphatic carbocycles. The van der Waals surface area contributed by atoms with E-state index in [9.17, 15) is 23.9 Å². The van der Waals surface area contributed by atoms with Crippen molar-refractivity contribution in [2.75, 3.05) is 13.2 Å². The second kappa shape index (κ2) is 7.98. The van der Waals surface area contributed by atoms with Gasteiger partial charge in [-0.05, 0) is 20.8 Å². The van der Waals surface area contributed by atoms with Crippen molar-refractivity contribution in [2.24, 2.45) is 0 Å². The number of hydrogen-bond acceptors (Lipinski definition) is 8. The van der Waals surface area contributed by atoms with Crippen molar-refractivity contribution < 1.29 is 33.6 Å². The molecule has 1 aliphatic rings. The van der Waals surface area contributed by atoms with E-state index in [0.717, 1.165) is 10.8 Å². The number of halogens is 1. The first-order chi connectivity index (χ1) is 12.2. The van der Waals surface area contributed by atoms with Gasteiger partial charge in [-0.25, -0.2) is 18.5 Å². The molecule has 146 valence electrons. The predicted molar refractivity (Wildman–Crippen MR) is 84.4 cm³/mol. The molecule has 2 N–H and O–H groups in total. The fourth-order valence-electron chi connectivity index (χ4n) is 2.65. The van der Waals surface area contributed by atoms with Gasteiger partial charge in [-0.1, -0.05) is 0 Å². The Morgan fingerprint density at radius 1 is 1.46 bits per heavy atom. The molecule has 1 aromatic heterocycles. The maximum Gasteiger partial charge on any atom is 0.510 e. The lowest BCUT2D eigenvalue weighted by molar-refractivity contribution is -0.0514. The van der Waals surface area contributed by atoms with E-state index in [-0.39, 0.29) is 12.2 Å². The fraction of sp³-hybridized carbons (Fsp3) is 0.667. The monoisotopic (exact) mass is 376 g/mol. The maximum atomic E-state index is 14.3. The van der Waals surface area contributed by atoms with Crippen molar-refractivity contribution in [1.82, 2.24) is 9.13 Å². The van der Waals surface area contributed by atoms with Crippen LogP contribution in [0.15, 0.2) is 15.8 Å². The van der Waals surface area contributed by atoms with Gasteiger partial charge >= 0.3 is 11.8 Å². The topological polar surface area (TPSA) is 129 Å². The molecule has 26 heavy (non-hydrogen) atoms. The van der Waals surface area contributed by atoms with Gasteiger partial charge in [-0.2, -0.15) is 0 Å². The summed E-state index contributed by atoms with van der Waals surface area (Å²) in [4.78, 5) is 36.4. The van der Waals surface area contributed by atoms with Crippen molar-refractivity contribution in [3.8, 4) is 0 Å². The number of aliphatic hydroxyl groups is 2. The Bertz CT molecular complexity index is 776. The third kappa shape index (κ3) is 3.64. The Morgan fingerprint density at radius 3 is 2.65 bits per heavy atom. The third-order valence-corrected chi connectivity index (χ3v) is 3.96. The van der Waals surface area contributed by atoms with Gasteiger partial charge in [0.05, 0.1) is 13.2 Å². The summed E-state index contributed by atoms with van der Waals surface area (Å²) in [5.41, 5.74) is -1.69. The Kier molecular flexibility index (Phi) is 6.16. The van der Waals surface area contributed by atoms with Gasteiger partial charge < -0.3 is 24.4 Å². The first-order valence-corrected chi connectivity index (χ1v) is 7.99. The Hall–Kier alpha value is -2.24. The minimum Gasteiger partial charge on any atom is -0.435 e. The first-order valence-electron chi connectivity index (χ1n) is 7.99. The minimum absolute atomic E-state index is 0.0401. The lowest BCUT2D eigenvalue weighted by Crippen LogP contribution is -2.45. The van der Waals surface area contributed by atoms with E-state index in [1.165, 1.54) is 13.8 Å². The molecule has 11 heteroatoms. The molecule has 1 unspecified atom stereocenters. The van der Waals surface area contributed by atoms with E-state index >= 15 is 0 Å². The average molecular weight is 376 g/mol. The van der Waals surface area contributed by atoms with Gasteiger partial charge in [0.2, 0.25) is 0 Å². The zero-order valence-corrected chi connectivity index (χ0v) is 14.5. The molecule has 0 bridgehead atoms. The Labute approximate surface area is 147 Å². The predicted octanol–water partition coefficient (Wildman–Crippen LogP) is -0.401. The highest BCUT2D eigenvalue weighted by molar-refractivity contribution is 5.59. The minimum atomic E-state index is -2.00. The van der Waals surface area contributed by atoms with Crippen molar-refractivity contribution in [2.45, 2.75) is 51.6 Å². The van der Waals surface area contributed by atoms with Crippen LogP contribution in [-0.2, 0) is 14.2 Å². The highest BCUT2D eigenvalue weighted by atomic mass is 19.1. The number of aryl methyl sites for hydroxylation is 1. The fourth-order valence-corrected chi connectivity index (χ4v) is 2.65. The summed E-state index contributed by atoms with van der Waals surface area (Å²) < 4.78 is 30.4. The van der Waals surface area contributed by atoms with E-state index in [0.29, 0.717) is 4.57 Å². The number of alkyl halides is 1. The van der Waals surface area contributed by atoms with Gasteiger partial charge in [0, 0.05) is 11.8 Å². The van der Waals surface area contributed by atoms with Crippen LogP contribution in [0.2, 0.25) is 0 Å².